The molecular formula is C13H10F3IN4O. The van der Waals surface area contributed by atoms with Gasteiger partial charge >= 0.3 is 6.18 Å². The van der Waals surface area contributed by atoms with Crippen molar-refractivity contribution in [2.24, 2.45) is 5.73 Å². The summed E-state index contributed by atoms with van der Waals surface area (Å²) >= 11 is 1.97. The zero-order valence-corrected chi connectivity index (χ0v) is 13.2. The SMILES string of the molecule is N[C@H]1CN(c2ccc(C(F)(F)F)cc2)C(=O)c2c(I)cnn21. The third-order valence-corrected chi connectivity index (χ3v) is 4.18. The van der Waals surface area contributed by atoms with E-state index in [2.05, 4.69) is 5.10 Å². The number of aromatic nitrogens is 2. The fraction of sp³-hybridized carbons (Fsp3) is 0.231. The molecule has 0 bridgehead atoms. The molecule has 1 aromatic heterocycles. The molecule has 0 fully saturated rings. The van der Waals surface area contributed by atoms with Crippen molar-refractivity contribution in [1.29, 1.82) is 0 Å². The van der Waals surface area contributed by atoms with Gasteiger partial charge in [0.1, 0.15) is 11.9 Å². The molecule has 1 amide bonds. The minimum absolute atomic E-state index is 0.148. The van der Waals surface area contributed by atoms with Crippen molar-refractivity contribution in [3.05, 3.63) is 45.3 Å². The van der Waals surface area contributed by atoms with Crippen LogP contribution in [0.3, 0.4) is 0 Å². The highest BCUT2D eigenvalue weighted by atomic mass is 127. The summed E-state index contributed by atoms with van der Waals surface area (Å²) in [6.45, 7) is 0.148. The molecular weight excluding hydrogens is 412 g/mol. The Hall–Kier alpha value is -1.62. The van der Waals surface area contributed by atoms with E-state index in [4.69, 9.17) is 5.73 Å². The number of nitrogens with two attached hydrogens (primary N) is 1. The van der Waals surface area contributed by atoms with Gasteiger partial charge in [0.25, 0.3) is 5.91 Å². The van der Waals surface area contributed by atoms with E-state index in [0.717, 1.165) is 12.1 Å². The molecule has 9 heteroatoms. The number of amides is 1. The van der Waals surface area contributed by atoms with E-state index in [1.54, 1.807) is 0 Å². The molecule has 2 heterocycles. The lowest BCUT2D eigenvalue weighted by Gasteiger charge is -2.32. The molecule has 1 atom stereocenters. The van der Waals surface area contributed by atoms with Crippen LogP contribution in [0, 0.1) is 3.57 Å². The highest BCUT2D eigenvalue weighted by Crippen LogP contribution is 2.32. The first-order valence-electron chi connectivity index (χ1n) is 6.27. The number of rotatable bonds is 1. The number of benzene rings is 1. The van der Waals surface area contributed by atoms with Crippen molar-refractivity contribution in [2.75, 3.05) is 11.4 Å². The van der Waals surface area contributed by atoms with Gasteiger partial charge in [0.15, 0.2) is 0 Å². The average molecular weight is 422 g/mol. The molecule has 0 saturated carbocycles. The fourth-order valence-electron chi connectivity index (χ4n) is 2.32. The van der Waals surface area contributed by atoms with Crippen LogP contribution in [-0.2, 0) is 6.18 Å². The highest BCUT2D eigenvalue weighted by Gasteiger charge is 2.34. The second-order valence-electron chi connectivity index (χ2n) is 4.81. The van der Waals surface area contributed by atoms with Gasteiger partial charge in [0.05, 0.1) is 21.9 Å². The number of halogens is 4. The molecule has 0 spiro atoms. The van der Waals surface area contributed by atoms with Crippen molar-refractivity contribution in [3.8, 4) is 0 Å². The molecule has 0 radical (unpaired) electrons. The Morgan fingerprint density at radius 2 is 1.91 bits per heavy atom. The number of nitrogens with zero attached hydrogens (tertiary/aromatic N) is 3. The molecule has 1 aliphatic heterocycles. The van der Waals surface area contributed by atoms with E-state index in [0.29, 0.717) is 15.0 Å². The molecule has 0 unspecified atom stereocenters. The van der Waals surface area contributed by atoms with E-state index in [9.17, 15) is 18.0 Å². The van der Waals surface area contributed by atoms with Gasteiger partial charge in [0, 0.05) is 5.69 Å². The van der Waals surface area contributed by atoms with E-state index in [1.165, 1.54) is 27.9 Å². The van der Waals surface area contributed by atoms with Gasteiger partial charge in [-0.15, -0.1) is 0 Å². The summed E-state index contributed by atoms with van der Waals surface area (Å²) < 4.78 is 39.9. The Kier molecular flexibility index (Phi) is 3.63. The van der Waals surface area contributed by atoms with Gasteiger partial charge in [0.2, 0.25) is 0 Å². The Bertz CT molecular complexity index is 726. The third-order valence-electron chi connectivity index (χ3n) is 3.39. The van der Waals surface area contributed by atoms with Crippen LogP contribution in [0.2, 0.25) is 0 Å². The molecule has 0 saturated heterocycles. The first kappa shape index (κ1) is 15.3. The first-order valence-corrected chi connectivity index (χ1v) is 7.34. The molecule has 22 heavy (non-hydrogen) atoms. The van der Waals surface area contributed by atoms with Gasteiger partial charge in [-0.25, -0.2) is 4.68 Å². The van der Waals surface area contributed by atoms with Crippen molar-refractivity contribution >= 4 is 34.2 Å². The molecule has 3 rings (SSSR count). The van der Waals surface area contributed by atoms with Gasteiger partial charge in [-0.05, 0) is 46.9 Å². The van der Waals surface area contributed by atoms with Crippen LogP contribution in [0.25, 0.3) is 0 Å². The lowest BCUT2D eigenvalue weighted by atomic mass is 10.1. The predicted molar refractivity (Wildman–Crippen MR) is 81.3 cm³/mol. The maximum atomic E-state index is 12.6. The number of hydrogen-bond donors (Lipinski definition) is 1. The summed E-state index contributed by atoms with van der Waals surface area (Å²) in [7, 11) is 0. The van der Waals surface area contributed by atoms with Crippen LogP contribution in [0.1, 0.15) is 22.2 Å². The van der Waals surface area contributed by atoms with Crippen molar-refractivity contribution < 1.29 is 18.0 Å². The molecule has 2 aromatic rings. The normalized spacial score (nSPS) is 18.5. The summed E-state index contributed by atoms with van der Waals surface area (Å²) in [6.07, 6.45) is -3.42. The quantitative estimate of drug-likeness (QED) is 0.719. The predicted octanol–water partition coefficient (Wildman–Crippen LogP) is 2.62. The maximum Gasteiger partial charge on any atom is 0.416 e. The lowest BCUT2D eigenvalue weighted by Crippen LogP contribution is -2.46. The minimum Gasteiger partial charge on any atom is -0.308 e. The fourth-order valence-corrected chi connectivity index (χ4v) is 2.92. The van der Waals surface area contributed by atoms with Gasteiger partial charge in [-0.1, -0.05) is 0 Å². The van der Waals surface area contributed by atoms with E-state index in [-0.39, 0.29) is 12.5 Å². The average Bonchev–Trinajstić information content (AvgIpc) is 2.85. The monoisotopic (exact) mass is 422 g/mol. The second-order valence-corrected chi connectivity index (χ2v) is 5.98. The Morgan fingerprint density at radius 3 is 2.50 bits per heavy atom. The van der Waals surface area contributed by atoms with E-state index >= 15 is 0 Å². The number of fused-ring (bicyclic) bond motifs is 1. The smallest absolute Gasteiger partial charge is 0.308 e. The van der Waals surface area contributed by atoms with Crippen LogP contribution in [-0.4, -0.2) is 22.2 Å². The van der Waals surface area contributed by atoms with Crippen molar-refractivity contribution in [1.82, 2.24) is 9.78 Å². The summed E-state index contributed by atoms with van der Waals surface area (Å²) in [4.78, 5) is 13.9. The number of carbonyl (C=O) groups excluding carboxylic acids is 1. The standard InChI is InChI=1S/C13H10F3IN4O/c14-13(15,16)7-1-3-8(4-2-7)20-6-10(18)21-11(12(20)22)9(17)5-19-21/h1-5,10H,6,18H2/t10-/m1/s1. The molecule has 2 N–H and O–H groups in total. The third kappa shape index (κ3) is 2.47. The highest BCUT2D eigenvalue weighted by molar-refractivity contribution is 14.1. The maximum absolute atomic E-state index is 12.6. The Morgan fingerprint density at radius 1 is 1.27 bits per heavy atom. The van der Waals surface area contributed by atoms with Crippen LogP contribution < -0.4 is 10.6 Å². The molecule has 0 aliphatic carbocycles. The zero-order valence-electron chi connectivity index (χ0n) is 11.0. The summed E-state index contributed by atoms with van der Waals surface area (Å²) in [6, 6.07) is 4.44. The minimum atomic E-state index is -4.41. The van der Waals surface area contributed by atoms with Crippen LogP contribution in [0.4, 0.5) is 18.9 Å². The largest absolute Gasteiger partial charge is 0.416 e. The van der Waals surface area contributed by atoms with Crippen LogP contribution in [0.15, 0.2) is 30.5 Å². The van der Waals surface area contributed by atoms with Gasteiger partial charge in [-0.3, -0.25) is 4.79 Å². The summed E-state index contributed by atoms with van der Waals surface area (Å²) in [5, 5.41) is 4.05. The number of carbonyl (C=O) groups is 1. The van der Waals surface area contributed by atoms with Gasteiger partial charge < -0.3 is 10.6 Å². The van der Waals surface area contributed by atoms with E-state index < -0.39 is 17.9 Å². The molecule has 1 aromatic carbocycles. The lowest BCUT2D eigenvalue weighted by molar-refractivity contribution is -0.137. The van der Waals surface area contributed by atoms with Crippen LogP contribution >= 0.6 is 22.6 Å². The molecule has 116 valence electrons. The first-order chi connectivity index (χ1) is 10.3. The summed E-state index contributed by atoms with van der Waals surface area (Å²) in [5.41, 5.74) is 5.93. The van der Waals surface area contributed by atoms with Gasteiger partial charge in [-0.2, -0.15) is 18.3 Å². The topological polar surface area (TPSA) is 64.2 Å². The number of anilines is 1. The van der Waals surface area contributed by atoms with E-state index in [1.807, 2.05) is 22.6 Å². The number of alkyl halides is 3. The molecule has 1 aliphatic rings. The van der Waals surface area contributed by atoms with Crippen LogP contribution in [0.5, 0.6) is 0 Å². The van der Waals surface area contributed by atoms with Crippen molar-refractivity contribution in [2.45, 2.75) is 12.3 Å². The Labute approximate surface area is 137 Å². The zero-order chi connectivity index (χ0) is 16.1. The second kappa shape index (κ2) is 5.23. The summed E-state index contributed by atoms with van der Waals surface area (Å²) in [5.74, 6) is -0.330. The molecule has 5 nitrogen and oxygen atoms in total. The Balaban J connectivity index is 1.96. The van der Waals surface area contributed by atoms with Crippen molar-refractivity contribution in [3.63, 3.8) is 0 Å². The number of hydrogen-bond acceptors (Lipinski definition) is 3.